The molecule has 4 nitrogen and oxygen atoms in total. The molecule has 0 unspecified atom stereocenters. The van der Waals surface area contributed by atoms with Crippen molar-refractivity contribution in [2.45, 2.75) is 27.2 Å². The third-order valence-corrected chi connectivity index (χ3v) is 3.24. The molecule has 0 radical (unpaired) electrons. The van der Waals surface area contributed by atoms with Crippen LogP contribution >= 0.6 is 0 Å². The van der Waals surface area contributed by atoms with Crippen molar-refractivity contribution in [1.29, 1.82) is 0 Å². The molecule has 1 aromatic heterocycles. The molecule has 3 aromatic rings. The third-order valence-electron chi connectivity index (χ3n) is 3.24. The van der Waals surface area contributed by atoms with E-state index in [2.05, 4.69) is 29.4 Å². The van der Waals surface area contributed by atoms with Crippen molar-refractivity contribution in [2.24, 2.45) is 5.73 Å². The van der Waals surface area contributed by atoms with Crippen LogP contribution in [0.2, 0.25) is 0 Å². The van der Waals surface area contributed by atoms with E-state index in [1.807, 2.05) is 56.3 Å². The van der Waals surface area contributed by atoms with Gasteiger partial charge in [0, 0.05) is 36.4 Å². The van der Waals surface area contributed by atoms with E-state index < -0.39 is 0 Å². The molecule has 0 spiro atoms. The molecule has 0 saturated carbocycles. The van der Waals surface area contributed by atoms with Crippen LogP contribution in [0, 0.1) is 6.92 Å². The highest BCUT2D eigenvalue weighted by Gasteiger charge is 2.01. The van der Waals surface area contributed by atoms with Crippen LogP contribution in [0.4, 0.5) is 5.69 Å². The van der Waals surface area contributed by atoms with Crippen LogP contribution in [0.15, 0.2) is 67.0 Å². The molecular weight excluding hydrogens is 310 g/mol. The Balaban J connectivity index is 0.000000290. The number of carbonyl (C=O) groups is 1. The highest BCUT2D eigenvalue weighted by molar-refractivity contribution is 5.94. The van der Waals surface area contributed by atoms with Crippen LogP contribution in [0.3, 0.4) is 0 Å². The average molecular weight is 337 g/mol. The van der Waals surface area contributed by atoms with Gasteiger partial charge in [0.1, 0.15) is 0 Å². The average Bonchev–Trinajstić information content (AvgIpc) is 2.65. The number of amides is 1. The highest BCUT2D eigenvalue weighted by Crippen LogP contribution is 2.17. The lowest BCUT2D eigenvalue weighted by Gasteiger charge is -2.05. The Morgan fingerprint density at radius 1 is 1.04 bits per heavy atom. The summed E-state index contributed by atoms with van der Waals surface area (Å²) in [4.78, 5) is 15.4. The molecule has 4 heteroatoms. The Morgan fingerprint density at radius 2 is 1.76 bits per heavy atom. The highest BCUT2D eigenvalue weighted by atomic mass is 16.1. The van der Waals surface area contributed by atoms with E-state index in [0.29, 0.717) is 13.0 Å². The van der Waals surface area contributed by atoms with E-state index >= 15 is 0 Å². The zero-order valence-corrected chi connectivity index (χ0v) is 15.2. The summed E-state index contributed by atoms with van der Waals surface area (Å²) in [5, 5.41) is 4.91. The molecule has 2 aromatic carbocycles. The van der Waals surface area contributed by atoms with Crippen LogP contribution < -0.4 is 11.1 Å². The van der Waals surface area contributed by atoms with E-state index in [0.717, 1.165) is 16.5 Å². The predicted octanol–water partition coefficient (Wildman–Crippen LogP) is 4.54. The monoisotopic (exact) mass is 337 g/mol. The summed E-state index contributed by atoms with van der Waals surface area (Å²) in [6, 6.07) is 17.9. The van der Waals surface area contributed by atoms with Gasteiger partial charge in [-0.3, -0.25) is 9.78 Å². The quantitative estimate of drug-likeness (QED) is 0.737. The number of anilines is 1. The second kappa shape index (κ2) is 11.8. The van der Waals surface area contributed by atoms with Crippen molar-refractivity contribution in [2.75, 3.05) is 11.9 Å². The van der Waals surface area contributed by atoms with Gasteiger partial charge in [-0.2, -0.15) is 0 Å². The van der Waals surface area contributed by atoms with Gasteiger partial charge in [0.15, 0.2) is 0 Å². The van der Waals surface area contributed by atoms with Gasteiger partial charge >= 0.3 is 0 Å². The summed E-state index contributed by atoms with van der Waals surface area (Å²) in [6.45, 7) is 6.45. The number of nitrogens with zero attached hydrogens (tertiary/aromatic N) is 1. The number of hydrogen-bond donors (Lipinski definition) is 2. The summed E-state index contributed by atoms with van der Waals surface area (Å²) >= 11 is 0. The van der Waals surface area contributed by atoms with Gasteiger partial charge in [0.05, 0.1) is 0 Å². The van der Waals surface area contributed by atoms with Gasteiger partial charge in [-0.25, -0.2) is 0 Å². The maximum absolute atomic E-state index is 11.3. The standard InChI is InChI=1S/C12H13N3O.C7H8.C2H6/c13-5-3-12(16)15-11-2-1-10-8-14-6-4-9(10)7-11;1-7-5-3-2-4-6-7;1-2/h1-2,4,6-8H,3,5,13H2,(H,15,16);2-6H,1H3;1-2H3. The molecule has 25 heavy (non-hydrogen) atoms. The molecule has 1 heterocycles. The predicted molar refractivity (Wildman–Crippen MR) is 107 cm³/mol. The number of pyridine rings is 1. The lowest BCUT2D eigenvalue weighted by molar-refractivity contribution is -0.116. The summed E-state index contributed by atoms with van der Waals surface area (Å²) in [5.74, 6) is -0.0593. The Kier molecular flexibility index (Phi) is 9.56. The zero-order valence-electron chi connectivity index (χ0n) is 15.2. The van der Waals surface area contributed by atoms with Gasteiger partial charge < -0.3 is 11.1 Å². The normalized spacial score (nSPS) is 9.28. The number of nitrogens with one attached hydrogen (secondary N) is 1. The van der Waals surface area contributed by atoms with E-state index in [9.17, 15) is 4.79 Å². The van der Waals surface area contributed by atoms with Gasteiger partial charge in [-0.15, -0.1) is 0 Å². The number of aromatic nitrogens is 1. The van der Waals surface area contributed by atoms with E-state index in [1.165, 1.54) is 5.56 Å². The summed E-state index contributed by atoms with van der Waals surface area (Å²) < 4.78 is 0. The first kappa shape index (κ1) is 20.3. The lowest BCUT2D eigenvalue weighted by atomic mass is 10.1. The maximum Gasteiger partial charge on any atom is 0.225 e. The van der Waals surface area contributed by atoms with E-state index in [-0.39, 0.29) is 5.91 Å². The Labute approximate surface area is 150 Å². The minimum atomic E-state index is -0.0593. The van der Waals surface area contributed by atoms with E-state index in [1.54, 1.807) is 12.4 Å². The van der Waals surface area contributed by atoms with Crippen molar-refractivity contribution < 1.29 is 4.79 Å². The fourth-order valence-corrected chi connectivity index (χ4v) is 2.05. The van der Waals surface area contributed by atoms with Crippen molar-refractivity contribution in [3.05, 3.63) is 72.6 Å². The molecule has 0 bridgehead atoms. The van der Waals surface area contributed by atoms with Gasteiger partial charge in [-0.1, -0.05) is 55.8 Å². The number of fused-ring (bicyclic) bond motifs is 1. The molecule has 132 valence electrons. The van der Waals surface area contributed by atoms with Crippen molar-refractivity contribution in [3.8, 4) is 0 Å². The molecule has 0 aliphatic heterocycles. The Hall–Kier alpha value is -2.72. The Bertz CT molecular complexity index is 757. The second-order valence-electron chi connectivity index (χ2n) is 5.18. The number of aryl methyl sites for hydroxylation is 1. The molecule has 0 saturated heterocycles. The zero-order chi connectivity index (χ0) is 18.5. The molecule has 3 N–H and O–H groups in total. The number of hydrogen-bond acceptors (Lipinski definition) is 3. The maximum atomic E-state index is 11.3. The molecule has 0 aliphatic rings. The number of carbonyl (C=O) groups excluding carboxylic acids is 1. The minimum absolute atomic E-state index is 0.0593. The summed E-state index contributed by atoms with van der Waals surface area (Å²) in [6.07, 6.45) is 3.86. The summed E-state index contributed by atoms with van der Waals surface area (Å²) in [7, 11) is 0. The Morgan fingerprint density at radius 3 is 2.36 bits per heavy atom. The molecule has 0 aliphatic carbocycles. The van der Waals surface area contributed by atoms with Gasteiger partial charge in [-0.05, 0) is 30.5 Å². The fourth-order valence-electron chi connectivity index (χ4n) is 2.05. The number of nitrogens with two attached hydrogens (primary N) is 1. The lowest BCUT2D eigenvalue weighted by Crippen LogP contribution is -2.16. The molecule has 3 rings (SSSR count). The molecule has 0 fully saturated rings. The van der Waals surface area contributed by atoms with Crippen molar-refractivity contribution in [3.63, 3.8) is 0 Å². The second-order valence-corrected chi connectivity index (χ2v) is 5.18. The minimum Gasteiger partial charge on any atom is -0.330 e. The van der Waals surface area contributed by atoms with Gasteiger partial charge in [0.2, 0.25) is 5.91 Å². The summed E-state index contributed by atoms with van der Waals surface area (Å²) in [5.41, 5.74) is 7.42. The SMILES string of the molecule is CC.Cc1ccccc1.NCCC(=O)Nc1ccc2cnccc2c1. The number of rotatable bonds is 3. The first-order valence-electron chi connectivity index (χ1n) is 8.54. The molecule has 1 amide bonds. The topological polar surface area (TPSA) is 68.0 Å². The van der Waals surface area contributed by atoms with Crippen LogP contribution in [-0.2, 0) is 4.79 Å². The van der Waals surface area contributed by atoms with Crippen LogP contribution in [0.25, 0.3) is 10.8 Å². The van der Waals surface area contributed by atoms with Crippen molar-refractivity contribution in [1.82, 2.24) is 4.98 Å². The van der Waals surface area contributed by atoms with Crippen LogP contribution in [0.5, 0.6) is 0 Å². The fraction of sp³-hybridized carbons (Fsp3) is 0.238. The van der Waals surface area contributed by atoms with Crippen molar-refractivity contribution >= 4 is 22.4 Å². The van der Waals surface area contributed by atoms with Crippen LogP contribution in [0.1, 0.15) is 25.8 Å². The number of benzene rings is 2. The first-order valence-corrected chi connectivity index (χ1v) is 8.54. The molecular formula is C21H27N3O. The largest absolute Gasteiger partial charge is 0.330 e. The van der Waals surface area contributed by atoms with Gasteiger partial charge in [0.25, 0.3) is 0 Å². The van der Waals surface area contributed by atoms with Crippen LogP contribution in [-0.4, -0.2) is 17.4 Å². The smallest absolute Gasteiger partial charge is 0.225 e. The molecule has 0 atom stereocenters. The third kappa shape index (κ3) is 7.59. The van der Waals surface area contributed by atoms with E-state index in [4.69, 9.17) is 5.73 Å². The first-order chi connectivity index (χ1) is 12.2.